The molecule has 0 atom stereocenters. The van der Waals surface area contributed by atoms with Crippen LogP contribution < -0.4 is 5.32 Å². The second kappa shape index (κ2) is 4.92. The molecule has 0 saturated carbocycles. The molecular formula is C13H15F2N. The first-order valence-corrected chi connectivity index (χ1v) is 4.95. The van der Waals surface area contributed by atoms with Crippen molar-refractivity contribution >= 4 is 0 Å². The predicted octanol–water partition coefficient (Wildman–Crippen LogP) is 3.45. The molecule has 1 aromatic rings. The average Bonchev–Trinajstić information content (AvgIpc) is 2.22. The zero-order chi connectivity index (χ0) is 12.3. The normalized spacial score (nSPS) is 10.0. The Bertz CT molecular complexity index is 413. The third kappa shape index (κ3) is 2.92. The topological polar surface area (TPSA) is 12.0 Å². The number of benzene rings is 1. The van der Waals surface area contributed by atoms with Gasteiger partial charge in [0.15, 0.2) is 0 Å². The highest BCUT2D eigenvalue weighted by Gasteiger charge is 2.06. The first-order valence-electron chi connectivity index (χ1n) is 4.95. The monoisotopic (exact) mass is 223 g/mol. The SMILES string of the molecule is C=C(C)C(=C)NCc1cc(F)c(C)c(F)c1. The minimum absolute atomic E-state index is 0.0440. The molecule has 3 heteroatoms. The lowest BCUT2D eigenvalue weighted by Crippen LogP contribution is -2.13. The maximum absolute atomic E-state index is 13.2. The van der Waals surface area contributed by atoms with Crippen LogP contribution in [0, 0.1) is 18.6 Å². The van der Waals surface area contributed by atoms with Crippen LogP contribution in [-0.4, -0.2) is 0 Å². The highest BCUT2D eigenvalue weighted by atomic mass is 19.1. The molecule has 1 nitrogen and oxygen atoms in total. The fourth-order valence-corrected chi connectivity index (χ4v) is 1.16. The van der Waals surface area contributed by atoms with Gasteiger partial charge in [-0.05, 0) is 37.1 Å². The Morgan fingerprint density at radius 3 is 2.19 bits per heavy atom. The van der Waals surface area contributed by atoms with E-state index in [-0.39, 0.29) is 5.56 Å². The molecule has 0 heterocycles. The van der Waals surface area contributed by atoms with Crippen molar-refractivity contribution in [3.63, 3.8) is 0 Å². The van der Waals surface area contributed by atoms with Crippen LogP contribution in [0.25, 0.3) is 0 Å². The Labute approximate surface area is 94.5 Å². The molecule has 0 aliphatic carbocycles. The predicted molar refractivity (Wildman–Crippen MR) is 61.9 cm³/mol. The van der Waals surface area contributed by atoms with Crippen LogP contribution in [0.3, 0.4) is 0 Å². The van der Waals surface area contributed by atoms with E-state index in [4.69, 9.17) is 0 Å². The van der Waals surface area contributed by atoms with Gasteiger partial charge in [0.25, 0.3) is 0 Å². The Morgan fingerprint density at radius 2 is 1.75 bits per heavy atom. The van der Waals surface area contributed by atoms with Gasteiger partial charge in [-0.1, -0.05) is 13.2 Å². The van der Waals surface area contributed by atoms with Crippen molar-refractivity contribution in [1.29, 1.82) is 0 Å². The zero-order valence-corrected chi connectivity index (χ0v) is 9.53. The van der Waals surface area contributed by atoms with Gasteiger partial charge in [-0.15, -0.1) is 0 Å². The molecule has 0 bridgehead atoms. The van der Waals surface area contributed by atoms with Gasteiger partial charge in [-0.2, -0.15) is 0 Å². The molecule has 0 aliphatic rings. The highest BCUT2D eigenvalue weighted by Crippen LogP contribution is 2.14. The van der Waals surface area contributed by atoms with Crippen LogP contribution >= 0.6 is 0 Å². The van der Waals surface area contributed by atoms with E-state index in [1.165, 1.54) is 19.1 Å². The third-order valence-corrected chi connectivity index (χ3v) is 2.36. The van der Waals surface area contributed by atoms with Crippen molar-refractivity contribution in [3.05, 3.63) is 59.3 Å². The summed E-state index contributed by atoms with van der Waals surface area (Å²) in [6.45, 7) is 11.0. The number of hydrogen-bond donors (Lipinski definition) is 1. The maximum atomic E-state index is 13.2. The van der Waals surface area contributed by atoms with E-state index in [2.05, 4.69) is 18.5 Å². The van der Waals surface area contributed by atoms with Gasteiger partial charge in [0.2, 0.25) is 0 Å². The van der Waals surface area contributed by atoms with Gasteiger partial charge >= 0.3 is 0 Å². The fourth-order valence-electron chi connectivity index (χ4n) is 1.16. The van der Waals surface area contributed by atoms with E-state index in [0.29, 0.717) is 17.8 Å². The molecule has 0 amide bonds. The highest BCUT2D eigenvalue weighted by molar-refractivity contribution is 5.27. The molecule has 1 aromatic carbocycles. The van der Waals surface area contributed by atoms with Crippen molar-refractivity contribution in [2.24, 2.45) is 0 Å². The van der Waals surface area contributed by atoms with E-state index < -0.39 is 11.6 Å². The molecule has 0 radical (unpaired) electrons. The largest absolute Gasteiger partial charge is 0.381 e. The van der Waals surface area contributed by atoms with Crippen LogP contribution in [-0.2, 0) is 6.54 Å². The first-order chi connectivity index (χ1) is 7.41. The van der Waals surface area contributed by atoms with Crippen molar-refractivity contribution in [2.45, 2.75) is 20.4 Å². The lowest BCUT2D eigenvalue weighted by molar-refractivity contribution is 0.563. The number of rotatable bonds is 4. The summed E-state index contributed by atoms with van der Waals surface area (Å²) in [5.74, 6) is -1.06. The molecule has 0 unspecified atom stereocenters. The minimum atomic E-state index is -0.530. The molecule has 0 saturated heterocycles. The molecule has 16 heavy (non-hydrogen) atoms. The molecule has 0 spiro atoms. The van der Waals surface area contributed by atoms with E-state index in [9.17, 15) is 8.78 Å². The van der Waals surface area contributed by atoms with Crippen LogP contribution in [0.2, 0.25) is 0 Å². The van der Waals surface area contributed by atoms with Gasteiger partial charge in [0.1, 0.15) is 11.6 Å². The molecule has 0 fully saturated rings. The van der Waals surface area contributed by atoms with Crippen molar-refractivity contribution < 1.29 is 8.78 Å². The summed E-state index contributed by atoms with van der Waals surface area (Å²) in [5.41, 5.74) is 2.06. The summed E-state index contributed by atoms with van der Waals surface area (Å²) in [7, 11) is 0. The van der Waals surface area contributed by atoms with Crippen LogP contribution in [0.1, 0.15) is 18.1 Å². The summed E-state index contributed by atoms with van der Waals surface area (Å²) in [4.78, 5) is 0. The van der Waals surface area contributed by atoms with Crippen molar-refractivity contribution in [3.8, 4) is 0 Å². The first kappa shape index (κ1) is 12.4. The molecule has 0 aliphatic heterocycles. The number of nitrogens with one attached hydrogen (secondary N) is 1. The molecule has 1 N–H and O–H groups in total. The van der Waals surface area contributed by atoms with Gasteiger partial charge in [0, 0.05) is 17.8 Å². The number of halogens is 2. The number of hydrogen-bond acceptors (Lipinski definition) is 1. The quantitative estimate of drug-likeness (QED) is 0.771. The van der Waals surface area contributed by atoms with Crippen LogP contribution in [0.5, 0.6) is 0 Å². The Kier molecular flexibility index (Phi) is 3.82. The van der Waals surface area contributed by atoms with E-state index >= 15 is 0 Å². The van der Waals surface area contributed by atoms with Crippen LogP contribution in [0.15, 0.2) is 36.6 Å². The van der Waals surface area contributed by atoms with E-state index in [0.717, 1.165) is 5.57 Å². The average molecular weight is 223 g/mol. The summed E-state index contributed by atoms with van der Waals surface area (Å²) < 4.78 is 26.4. The molecule has 86 valence electrons. The van der Waals surface area contributed by atoms with Crippen molar-refractivity contribution in [2.75, 3.05) is 0 Å². The zero-order valence-electron chi connectivity index (χ0n) is 9.53. The van der Waals surface area contributed by atoms with E-state index in [1.807, 2.05) is 6.92 Å². The Balaban J connectivity index is 2.76. The summed E-state index contributed by atoms with van der Waals surface area (Å²) in [5, 5.41) is 2.94. The lowest BCUT2D eigenvalue weighted by atomic mass is 10.1. The molecule has 1 rings (SSSR count). The van der Waals surface area contributed by atoms with Crippen LogP contribution in [0.4, 0.5) is 8.78 Å². The second-order valence-electron chi connectivity index (χ2n) is 3.80. The smallest absolute Gasteiger partial charge is 0.129 e. The lowest BCUT2D eigenvalue weighted by Gasteiger charge is -2.10. The van der Waals surface area contributed by atoms with Gasteiger partial charge < -0.3 is 5.32 Å². The van der Waals surface area contributed by atoms with Crippen molar-refractivity contribution in [1.82, 2.24) is 5.32 Å². The number of allylic oxidation sites excluding steroid dienone is 1. The minimum Gasteiger partial charge on any atom is -0.381 e. The fraction of sp³-hybridized carbons (Fsp3) is 0.231. The van der Waals surface area contributed by atoms with Gasteiger partial charge in [-0.25, -0.2) is 8.78 Å². The van der Waals surface area contributed by atoms with Gasteiger partial charge in [0.05, 0.1) is 0 Å². The summed E-state index contributed by atoms with van der Waals surface area (Å²) in [6.07, 6.45) is 0. The maximum Gasteiger partial charge on any atom is 0.129 e. The molecule has 0 aromatic heterocycles. The van der Waals surface area contributed by atoms with E-state index in [1.54, 1.807) is 0 Å². The summed E-state index contributed by atoms with van der Waals surface area (Å²) >= 11 is 0. The Hall–Kier alpha value is -1.64. The standard InChI is InChI=1S/C13H15F2N/c1-8(2)10(4)16-7-11-5-12(14)9(3)13(15)6-11/h5-6,16H,1,4,7H2,2-3H3. The third-order valence-electron chi connectivity index (χ3n) is 2.36. The Morgan fingerprint density at radius 1 is 1.25 bits per heavy atom. The second-order valence-corrected chi connectivity index (χ2v) is 3.80. The summed E-state index contributed by atoms with van der Waals surface area (Å²) in [6, 6.07) is 2.63. The van der Waals surface area contributed by atoms with Gasteiger partial charge in [-0.3, -0.25) is 0 Å². The molecular weight excluding hydrogens is 208 g/mol.